The van der Waals surface area contributed by atoms with Crippen molar-refractivity contribution in [2.24, 2.45) is 24.6 Å². The van der Waals surface area contributed by atoms with Gasteiger partial charge < -0.3 is 15.6 Å². The Morgan fingerprint density at radius 3 is 2.75 bits per heavy atom. The fourth-order valence-corrected chi connectivity index (χ4v) is 2.38. The van der Waals surface area contributed by atoms with E-state index in [1.165, 1.54) is 0 Å². The van der Waals surface area contributed by atoms with Gasteiger partial charge >= 0.3 is 0 Å². The van der Waals surface area contributed by atoms with Crippen molar-refractivity contribution in [2.75, 3.05) is 13.1 Å². The maximum Gasteiger partial charge on any atom is 0.220 e. The smallest absolute Gasteiger partial charge is 0.220 e. The predicted molar refractivity (Wildman–Crippen MR) is 81.2 cm³/mol. The molecule has 0 fully saturated rings. The second-order valence-electron chi connectivity index (χ2n) is 5.67. The number of amides is 1. The summed E-state index contributed by atoms with van der Waals surface area (Å²) in [7, 11) is 1.96. The molecule has 1 rings (SSSR count). The molecule has 1 atom stereocenters. The lowest BCUT2D eigenvalue weighted by Gasteiger charge is -2.19. The van der Waals surface area contributed by atoms with Gasteiger partial charge in [-0.05, 0) is 31.2 Å². The molecule has 1 amide bonds. The largest absolute Gasteiger partial charge is 0.356 e. The van der Waals surface area contributed by atoms with Crippen LogP contribution in [-0.4, -0.2) is 28.5 Å². The fourth-order valence-electron chi connectivity index (χ4n) is 2.38. The van der Waals surface area contributed by atoms with Crippen molar-refractivity contribution in [1.29, 1.82) is 0 Å². The first kappa shape index (κ1) is 16.7. The number of nitrogens with one attached hydrogen (secondary N) is 1. The molecule has 0 spiro atoms. The van der Waals surface area contributed by atoms with Gasteiger partial charge in [0.1, 0.15) is 5.82 Å². The first-order chi connectivity index (χ1) is 9.54. The molecule has 0 saturated heterocycles. The van der Waals surface area contributed by atoms with Crippen molar-refractivity contribution in [2.45, 2.75) is 39.5 Å². The summed E-state index contributed by atoms with van der Waals surface area (Å²) in [5, 5.41) is 2.96. The summed E-state index contributed by atoms with van der Waals surface area (Å²) in [6, 6.07) is 0. The normalized spacial score (nSPS) is 12.7. The molecule has 0 bridgehead atoms. The number of carbonyl (C=O) groups is 1. The van der Waals surface area contributed by atoms with Gasteiger partial charge in [0, 0.05) is 38.8 Å². The first-order valence-electron chi connectivity index (χ1n) is 7.47. The fraction of sp³-hybridized carbons (Fsp3) is 0.733. The number of hydrogen-bond donors (Lipinski definition) is 2. The van der Waals surface area contributed by atoms with Crippen LogP contribution < -0.4 is 11.1 Å². The molecule has 3 N–H and O–H groups in total. The van der Waals surface area contributed by atoms with Gasteiger partial charge in [-0.1, -0.05) is 13.8 Å². The van der Waals surface area contributed by atoms with E-state index in [1.807, 2.05) is 17.8 Å². The summed E-state index contributed by atoms with van der Waals surface area (Å²) in [4.78, 5) is 16.1. The molecule has 0 aliphatic heterocycles. The lowest BCUT2D eigenvalue weighted by Crippen LogP contribution is -2.27. The van der Waals surface area contributed by atoms with Gasteiger partial charge in [0.05, 0.1) is 0 Å². The summed E-state index contributed by atoms with van der Waals surface area (Å²) in [5.41, 5.74) is 5.61. The highest BCUT2D eigenvalue weighted by molar-refractivity contribution is 5.75. The minimum absolute atomic E-state index is 0.127. The van der Waals surface area contributed by atoms with Gasteiger partial charge in [-0.25, -0.2) is 4.98 Å². The van der Waals surface area contributed by atoms with Crippen LogP contribution >= 0.6 is 0 Å². The Bertz CT molecular complexity index is 400. The minimum atomic E-state index is 0.127. The summed E-state index contributed by atoms with van der Waals surface area (Å²) in [6.45, 7) is 5.73. The van der Waals surface area contributed by atoms with Crippen molar-refractivity contribution in [3.63, 3.8) is 0 Å². The van der Waals surface area contributed by atoms with Gasteiger partial charge in [-0.3, -0.25) is 4.79 Å². The van der Waals surface area contributed by atoms with E-state index in [0.29, 0.717) is 31.3 Å². The van der Waals surface area contributed by atoms with Crippen LogP contribution in [0.3, 0.4) is 0 Å². The predicted octanol–water partition coefficient (Wildman–Crippen LogP) is 1.48. The third-order valence-electron chi connectivity index (χ3n) is 3.81. The molecule has 0 aliphatic carbocycles. The highest BCUT2D eigenvalue weighted by Gasteiger charge is 2.14. The van der Waals surface area contributed by atoms with Crippen molar-refractivity contribution in [3.05, 3.63) is 18.2 Å². The molecule has 5 nitrogen and oxygen atoms in total. The molecule has 0 aliphatic rings. The number of hydrogen-bond acceptors (Lipinski definition) is 3. The van der Waals surface area contributed by atoms with Crippen molar-refractivity contribution >= 4 is 5.91 Å². The van der Waals surface area contributed by atoms with E-state index in [4.69, 9.17) is 5.73 Å². The van der Waals surface area contributed by atoms with Gasteiger partial charge in [-0.15, -0.1) is 0 Å². The zero-order chi connectivity index (χ0) is 15.0. The van der Waals surface area contributed by atoms with Crippen molar-refractivity contribution in [3.8, 4) is 0 Å². The Hall–Kier alpha value is -1.36. The van der Waals surface area contributed by atoms with E-state index >= 15 is 0 Å². The molecule has 1 aromatic heterocycles. The number of aromatic nitrogens is 2. The summed E-state index contributed by atoms with van der Waals surface area (Å²) < 4.78 is 1.97. The first-order valence-corrected chi connectivity index (χ1v) is 7.47. The molecule has 114 valence electrons. The molecule has 1 heterocycles. The Balaban J connectivity index is 2.21. The molecular weight excluding hydrogens is 252 g/mol. The maximum atomic E-state index is 11.8. The number of nitrogens with two attached hydrogens (primary N) is 1. The molecule has 1 aromatic rings. The summed E-state index contributed by atoms with van der Waals surface area (Å²) in [5.74, 6) is 2.24. The second-order valence-corrected chi connectivity index (χ2v) is 5.67. The average molecular weight is 280 g/mol. The minimum Gasteiger partial charge on any atom is -0.356 e. The number of rotatable bonds is 9. The molecule has 1 unspecified atom stereocenters. The number of aryl methyl sites for hydroxylation is 1. The summed E-state index contributed by atoms with van der Waals surface area (Å²) >= 11 is 0. The molecule has 5 heteroatoms. The van der Waals surface area contributed by atoms with E-state index in [2.05, 4.69) is 24.1 Å². The highest BCUT2D eigenvalue weighted by atomic mass is 16.1. The van der Waals surface area contributed by atoms with Crippen LogP contribution in [0.1, 0.15) is 38.9 Å². The lowest BCUT2D eigenvalue weighted by atomic mass is 9.88. The molecule has 0 saturated carbocycles. The second kappa shape index (κ2) is 8.74. The van der Waals surface area contributed by atoms with E-state index in [9.17, 15) is 4.79 Å². The van der Waals surface area contributed by atoms with Crippen LogP contribution in [0, 0.1) is 11.8 Å². The van der Waals surface area contributed by atoms with Gasteiger partial charge in [0.15, 0.2) is 0 Å². The molecular formula is C15H28N4O. The Morgan fingerprint density at radius 1 is 1.45 bits per heavy atom. The van der Waals surface area contributed by atoms with E-state index < -0.39 is 0 Å². The molecule has 0 radical (unpaired) electrons. The topological polar surface area (TPSA) is 72.9 Å². The van der Waals surface area contributed by atoms with Gasteiger partial charge in [0.2, 0.25) is 5.91 Å². The molecule has 0 aromatic carbocycles. The Morgan fingerprint density at radius 2 is 2.20 bits per heavy atom. The zero-order valence-electron chi connectivity index (χ0n) is 12.9. The Kier molecular flexibility index (Phi) is 7.30. The Labute approximate surface area is 122 Å². The van der Waals surface area contributed by atoms with E-state index in [-0.39, 0.29) is 5.91 Å². The van der Waals surface area contributed by atoms with Crippen LogP contribution in [0.15, 0.2) is 12.4 Å². The number of nitrogens with zero attached hydrogens (tertiary/aromatic N) is 2. The van der Waals surface area contributed by atoms with Gasteiger partial charge in [0.25, 0.3) is 0 Å². The highest BCUT2D eigenvalue weighted by Crippen LogP contribution is 2.20. The van der Waals surface area contributed by atoms with Crippen LogP contribution in [-0.2, 0) is 18.3 Å². The monoisotopic (exact) mass is 280 g/mol. The van der Waals surface area contributed by atoms with Crippen LogP contribution in [0.4, 0.5) is 0 Å². The van der Waals surface area contributed by atoms with E-state index in [0.717, 1.165) is 25.1 Å². The van der Waals surface area contributed by atoms with Crippen molar-refractivity contribution < 1.29 is 4.79 Å². The third kappa shape index (κ3) is 5.74. The third-order valence-corrected chi connectivity index (χ3v) is 3.81. The standard InChI is InChI=1S/C15H28N4O/c1-12(2)13(6-8-16)4-5-15(20)18-9-7-14-17-10-11-19(14)3/h10-13H,4-9,16H2,1-3H3,(H,18,20). The number of carbonyl (C=O) groups excluding carboxylic acids is 1. The number of imidazole rings is 1. The van der Waals surface area contributed by atoms with Crippen LogP contribution in [0.2, 0.25) is 0 Å². The summed E-state index contributed by atoms with van der Waals surface area (Å²) in [6.07, 6.45) is 6.96. The zero-order valence-corrected chi connectivity index (χ0v) is 12.9. The average Bonchev–Trinajstić information content (AvgIpc) is 2.80. The van der Waals surface area contributed by atoms with Crippen LogP contribution in [0.5, 0.6) is 0 Å². The van der Waals surface area contributed by atoms with E-state index in [1.54, 1.807) is 6.20 Å². The maximum absolute atomic E-state index is 11.8. The van der Waals surface area contributed by atoms with Crippen LogP contribution in [0.25, 0.3) is 0 Å². The van der Waals surface area contributed by atoms with Crippen molar-refractivity contribution in [1.82, 2.24) is 14.9 Å². The lowest BCUT2D eigenvalue weighted by molar-refractivity contribution is -0.121. The SMILES string of the molecule is CC(C)C(CCN)CCC(=O)NCCc1nccn1C. The quantitative estimate of drug-likeness (QED) is 0.719. The molecule has 20 heavy (non-hydrogen) atoms. The van der Waals surface area contributed by atoms with Gasteiger partial charge in [-0.2, -0.15) is 0 Å².